The number of amidine groups is 1. The van der Waals surface area contributed by atoms with Crippen molar-refractivity contribution in [3.63, 3.8) is 0 Å². The number of nitrogens with zero attached hydrogens (tertiary/aromatic N) is 3. The largest absolute Gasteiger partial charge is 0.287 e. The molecule has 0 aromatic carbocycles. The van der Waals surface area contributed by atoms with Gasteiger partial charge in [0.2, 0.25) is 0 Å². The molecule has 0 radical (unpaired) electrons. The first-order valence-corrected chi connectivity index (χ1v) is 8.73. The van der Waals surface area contributed by atoms with Gasteiger partial charge in [0.1, 0.15) is 0 Å². The fraction of sp³-hybridized carbons (Fsp3) is 0.471. The van der Waals surface area contributed by atoms with E-state index in [0.29, 0.717) is 0 Å². The number of unbranched alkanes of at least 4 members (excludes halogenated alkanes) is 2. The molecule has 0 atom stereocenters. The zero-order valence-electron chi connectivity index (χ0n) is 13.3. The number of hydrogen-bond donors (Lipinski definition) is 0. The van der Waals surface area contributed by atoms with Gasteiger partial charge < -0.3 is 0 Å². The highest BCUT2D eigenvalue weighted by atomic mass is 32.2. The van der Waals surface area contributed by atoms with E-state index in [1.54, 1.807) is 12.4 Å². The number of amides is 1. The molecule has 1 fully saturated rings. The Labute approximate surface area is 136 Å². The maximum atomic E-state index is 12.6. The summed E-state index contributed by atoms with van der Waals surface area (Å²) in [4.78, 5) is 23.8. The molecule has 1 aromatic heterocycles. The fourth-order valence-electron chi connectivity index (χ4n) is 2.08. The summed E-state index contributed by atoms with van der Waals surface area (Å²) in [5, 5.41) is 0.854. The minimum absolute atomic E-state index is 0.0745. The summed E-state index contributed by atoms with van der Waals surface area (Å²) in [5.74, 6) is 0.0745. The van der Waals surface area contributed by atoms with Crippen molar-refractivity contribution in [2.75, 3.05) is 13.1 Å². The number of thioether (sulfide) groups is 1. The van der Waals surface area contributed by atoms with Crippen molar-refractivity contribution in [1.82, 2.24) is 9.88 Å². The minimum atomic E-state index is 0.0745. The maximum absolute atomic E-state index is 12.6. The van der Waals surface area contributed by atoms with Crippen LogP contribution >= 0.6 is 11.8 Å². The van der Waals surface area contributed by atoms with Crippen molar-refractivity contribution in [2.24, 2.45) is 4.99 Å². The first kappa shape index (κ1) is 16.7. The molecular formula is C17H23N3OS. The third-order valence-corrected chi connectivity index (χ3v) is 4.43. The quantitative estimate of drug-likeness (QED) is 0.565. The number of carbonyl (C=O) groups excluding carboxylic acids is 1. The lowest BCUT2D eigenvalue weighted by atomic mass is 10.2. The Balaban J connectivity index is 2.18. The zero-order valence-corrected chi connectivity index (χ0v) is 14.1. The Bertz CT molecular complexity index is 554. The van der Waals surface area contributed by atoms with Crippen LogP contribution in [0.1, 0.15) is 45.1 Å². The van der Waals surface area contributed by atoms with Crippen LogP contribution in [0.15, 0.2) is 34.4 Å². The van der Waals surface area contributed by atoms with Gasteiger partial charge in [0, 0.05) is 25.5 Å². The van der Waals surface area contributed by atoms with Crippen molar-refractivity contribution < 1.29 is 4.79 Å². The molecule has 0 bridgehead atoms. The van der Waals surface area contributed by atoms with Crippen molar-refractivity contribution in [1.29, 1.82) is 0 Å². The molecule has 1 aliphatic heterocycles. The molecule has 22 heavy (non-hydrogen) atoms. The zero-order chi connectivity index (χ0) is 15.8. The Morgan fingerprint density at radius 1 is 1.23 bits per heavy atom. The molecule has 2 heterocycles. The van der Waals surface area contributed by atoms with Gasteiger partial charge in [0.25, 0.3) is 5.91 Å². The molecule has 0 saturated carbocycles. The summed E-state index contributed by atoms with van der Waals surface area (Å²) in [6, 6.07) is 3.81. The van der Waals surface area contributed by atoms with Gasteiger partial charge in [-0.15, -0.1) is 0 Å². The number of aromatic nitrogens is 1. The second-order valence-corrected chi connectivity index (χ2v) is 6.23. The molecule has 0 spiro atoms. The molecular weight excluding hydrogens is 294 g/mol. The van der Waals surface area contributed by atoms with Crippen LogP contribution in [0.2, 0.25) is 0 Å². The predicted octanol–water partition coefficient (Wildman–Crippen LogP) is 3.95. The second-order valence-electron chi connectivity index (χ2n) is 5.22. The van der Waals surface area contributed by atoms with Gasteiger partial charge in [-0.2, -0.15) is 0 Å². The highest BCUT2D eigenvalue weighted by Crippen LogP contribution is 2.32. The monoisotopic (exact) mass is 317 g/mol. The van der Waals surface area contributed by atoms with E-state index in [0.717, 1.165) is 54.4 Å². The van der Waals surface area contributed by atoms with Gasteiger partial charge in [0.05, 0.1) is 4.91 Å². The molecule has 118 valence electrons. The van der Waals surface area contributed by atoms with Crippen LogP contribution in [-0.2, 0) is 4.79 Å². The van der Waals surface area contributed by atoms with E-state index in [1.165, 1.54) is 11.8 Å². The van der Waals surface area contributed by atoms with Crippen LogP contribution in [0.4, 0.5) is 0 Å². The average molecular weight is 317 g/mol. The Morgan fingerprint density at radius 3 is 2.64 bits per heavy atom. The molecule has 5 heteroatoms. The highest BCUT2D eigenvalue weighted by Gasteiger charge is 2.32. The normalized spacial score (nSPS) is 18.6. The summed E-state index contributed by atoms with van der Waals surface area (Å²) in [6.45, 7) is 5.82. The van der Waals surface area contributed by atoms with E-state index < -0.39 is 0 Å². The Kier molecular flexibility index (Phi) is 6.65. The first-order valence-electron chi connectivity index (χ1n) is 7.92. The number of pyridine rings is 1. The van der Waals surface area contributed by atoms with E-state index in [-0.39, 0.29) is 5.91 Å². The Hall–Kier alpha value is -1.62. The topological polar surface area (TPSA) is 45.6 Å². The van der Waals surface area contributed by atoms with E-state index in [4.69, 9.17) is 0 Å². The van der Waals surface area contributed by atoms with E-state index in [2.05, 4.69) is 23.8 Å². The van der Waals surface area contributed by atoms with Crippen LogP contribution < -0.4 is 0 Å². The highest BCUT2D eigenvalue weighted by molar-refractivity contribution is 8.18. The SMILES string of the molecule is CCCCN=C1S/C(=C\c2ccncc2)C(=O)N1CCCC. The lowest BCUT2D eigenvalue weighted by molar-refractivity contribution is -0.122. The van der Waals surface area contributed by atoms with Crippen LogP contribution in [0.5, 0.6) is 0 Å². The molecule has 1 amide bonds. The van der Waals surface area contributed by atoms with Crippen molar-refractivity contribution in [3.8, 4) is 0 Å². The van der Waals surface area contributed by atoms with Gasteiger partial charge in [-0.1, -0.05) is 26.7 Å². The number of aliphatic imine (C=N–C) groups is 1. The lowest BCUT2D eigenvalue weighted by Crippen LogP contribution is -2.30. The summed E-state index contributed by atoms with van der Waals surface area (Å²) in [5.41, 5.74) is 0.996. The fourth-order valence-corrected chi connectivity index (χ4v) is 3.11. The van der Waals surface area contributed by atoms with Crippen LogP contribution in [0.3, 0.4) is 0 Å². The summed E-state index contributed by atoms with van der Waals surface area (Å²) < 4.78 is 0. The molecule has 0 N–H and O–H groups in total. The number of carbonyl (C=O) groups is 1. The molecule has 1 aliphatic rings. The molecule has 4 nitrogen and oxygen atoms in total. The third-order valence-electron chi connectivity index (χ3n) is 3.39. The maximum Gasteiger partial charge on any atom is 0.266 e. The van der Waals surface area contributed by atoms with Crippen molar-refractivity contribution in [3.05, 3.63) is 35.0 Å². The summed E-state index contributed by atoms with van der Waals surface area (Å²) >= 11 is 1.49. The molecule has 1 saturated heterocycles. The Morgan fingerprint density at radius 2 is 1.95 bits per heavy atom. The number of rotatable bonds is 7. The molecule has 2 rings (SSSR count). The van der Waals surface area contributed by atoms with Crippen molar-refractivity contribution >= 4 is 28.9 Å². The van der Waals surface area contributed by atoms with Gasteiger partial charge in [-0.3, -0.25) is 19.7 Å². The third kappa shape index (κ3) is 4.44. The van der Waals surface area contributed by atoms with Gasteiger partial charge in [-0.25, -0.2) is 0 Å². The standard InChI is InChI=1S/C17H23N3OS/c1-3-5-9-19-17-20(12-6-4-2)16(21)15(22-17)13-14-7-10-18-11-8-14/h7-8,10-11,13H,3-6,9,12H2,1-2H3/b15-13-,19-17?. The smallest absolute Gasteiger partial charge is 0.266 e. The van der Waals surface area contributed by atoms with Crippen LogP contribution in [-0.4, -0.2) is 34.0 Å². The first-order chi connectivity index (χ1) is 10.8. The van der Waals surface area contributed by atoms with E-state index in [1.807, 2.05) is 23.1 Å². The van der Waals surface area contributed by atoms with E-state index >= 15 is 0 Å². The molecule has 0 unspecified atom stereocenters. The minimum Gasteiger partial charge on any atom is -0.287 e. The summed E-state index contributed by atoms with van der Waals surface area (Å²) in [6.07, 6.45) is 9.65. The summed E-state index contributed by atoms with van der Waals surface area (Å²) in [7, 11) is 0. The molecule has 0 aliphatic carbocycles. The van der Waals surface area contributed by atoms with E-state index in [9.17, 15) is 4.79 Å². The van der Waals surface area contributed by atoms with Gasteiger partial charge in [-0.05, 0) is 48.4 Å². The number of hydrogen-bond acceptors (Lipinski definition) is 4. The predicted molar refractivity (Wildman–Crippen MR) is 93.6 cm³/mol. The second kappa shape index (κ2) is 8.73. The van der Waals surface area contributed by atoms with Gasteiger partial charge in [0.15, 0.2) is 5.17 Å². The van der Waals surface area contributed by atoms with Crippen LogP contribution in [0.25, 0.3) is 6.08 Å². The van der Waals surface area contributed by atoms with Crippen molar-refractivity contribution in [2.45, 2.75) is 39.5 Å². The van der Waals surface area contributed by atoms with Gasteiger partial charge >= 0.3 is 0 Å². The lowest BCUT2D eigenvalue weighted by Gasteiger charge is -2.14. The van der Waals surface area contributed by atoms with Crippen LogP contribution in [0, 0.1) is 0 Å². The molecule has 1 aromatic rings. The average Bonchev–Trinajstić information content (AvgIpc) is 2.82.